The lowest BCUT2D eigenvalue weighted by molar-refractivity contribution is 0.364. The Morgan fingerprint density at radius 2 is 2.14 bits per heavy atom. The first-order valence-electron chi connectivity index (χ1n) is 9.94. The molecule has 0 spiro atoms. The Hall–Kier alpha value is -2.32. The quantitative estimate of drug-likeness (QED) is 0.757. The largest absolute Gasteiger partial charge is 0.354 e. The molecular weight excluding hydrogens is 387 g/mol. The predicted molar refractivity (Wildman–Crippen MR) is 118 cm³/mol. The summed E-state index contributed by atoms with van der Waals surface area (Å²) >= 11 is 1.68. The summed E-state index contributed by atoms with van der Waals surface area (Å²) in [5.41, 5.74) is 1.99. The molecule has 2 aromatic rings. The van der Waals surface area contributed by atoms with Crippen LogP contribution >= 0.6 is 11.9 Å². The summed E-state index contributed by atoms with van der Waals surface area (Å²) in [6.07, 6.45) is 4.39. The van der Waals surface area contributed by atoms with E-state index in [2.05, 4.69) is 39.2 Å². The van der Waals surface area contributed by atoms with Gasteiger partial charge >= 0.3 is 0 Å². The fraction of sp³-hybridized carbons (Fsp3) is 0.429. The Morgan fingerprint density at radius 3 is 2.90 bits per heavy atom. The van der Waals surface area contributed by atoms with E-state index in [4.69, 9.17) is 4.98 Å². The second-order valence-electron chi connectivity index (χ2n) is 7.59. The lowest BCUT2D eigenvalue weighted by Crippen LogP contribution is -2.33. The zero-order valence-corrected chi connectivity index (χ0v) is 17.8. The third-order valence-corrected chi connectivity index (χ3v) is 6.14. The number of hydrogen-bond acceptors (Lipinski definition) is 7. The molecular formula is C21H27FN6S. The van der Waals surface area contributed by atoms with Crippen LogP contribution in [0.2, 0.25) is 0 Å². The molecule has 4 heterocycles. The predicted octanol–water partition coefficient (Wildman–Crippen LogP) is 4.07. The van der Waals surface area contributed by atoms with Crippen molar-refractivity contribution in [3.63, 3.8) is 0 Å². The monoisotopic (exact) mass is 414 g/mol. The Kier molecular flexibility index (Phi) is 5.91. The molecule has 0 aliphatic carbocycles. The number of fused-ring (bicyclic) bond motifs is 1. The number of hydrogen-bond donors (Lipinski definition) is 1. The zero-order chi connectivity index (χ0) is 20.4. The summed E-state index contributed by atoms with van der Waals surface area (Å²) in [5.74, 6) is 2.44. The number of nitrogens with zero attached hydrogens (tertiary/aromatic N) is 5. The molecule has 0 radical (unpaired) electrons. The zero-order valence-electron chi connectivity index (χ0n) is 16.9. The Labute approximate surface area is 175 Å². The van der Waals surface area contributed by atoms with Gasteiger partial charge in [-0.3, -0.25) is 4.98 Å². The Balaban J connectivity index is 1.65. The van der Waals surface area contributed by atoms with E-state index in [1.54, 1.807) is 18.1 Å². The van der Waals surface area contributed by atoms with Gasteiger partial charge in [0, 0.05) is 25.8 Å². The lowest BCUT2D eigenvalue weighted by atomic mass is 10.3. The topological polar surface area (TPSA) is 47.5 Å². The van der Waals surface area contributed by atoms with Gasteiger partial charge in [-0.25, -0.2) is 13.7 Å². The van der Waals surface area contributed by atoms with E-state index in [0.29, 0.717) is 19.5 Å². The molecule has 0 amide bonds. The van der Waals surface area contributed by atoms with Gasteiger partial charge in [0.1, 0.15) is 17.8 Å². The Morgan fingerprint density at radius 1 is 1.28 bits per heavy atom. The van der Waals surface area contributed by atoms with Gasteiger partial charge < -0.3 is 15.1 Å². The minimum absolute atomic E-state index is 0.410. The van der Waals surface area contributed by atoms with Crippen LogP contribution in [0.4, 0.5) is 21.7 Å². The van der Waals surface area contributed by atoms with Crippen molar-refractivity contribution in [2.24, 2.45) is 0 Å². The molecule has 1 atom stereocenters. The van der Waals surface area contributed by atoms with E-state index >= 15 is 0 Å². The fourth-order valence-electron chi connectivity index (χ4n) is 3.68. The molecule has 0 unspecified atom stereocenters. The second-order valence-corrected chi connectivity index (χ2v) is 8.84. The van der Waals surface area contributed by atoms with Gasteiger partial charge in [0.15, 0.2) is 5.82 Å². The van der Waals surface area contributed by atoms with Crippen LogP contribution in [0.5, 0.6) is 0 Å². The minimum atomic E-state index is -0.777. The third kappa shape index (κ3) is 4.64. The van der Waals surface area contributed by atoms with E-state index < -0.39 is 6.17 Å². The van der Waals surface area contributed by atoms with E-state index in [1.807, 2.05) is 30.2 Å². The molecule has 154 valence electrons. The van der Waals surface area contributed by atoms with Gasteiger partial charge in [0.2, 0.25) is 0 Å². The minimum Gasteiger partial charge on any atom is -0.354 e. The van der Waals surface area contributed by atoms with E-state index in [0.717, 1.165) is 53.1 Å². The molecule has 2 aliphatic heterocycles. The van der Waals surface area contributed by atoms with E-state index in [1.165, 1.54) is 0 Å². The maximum Gasteiger partial charge on any atom is 0.151 e. The average Bonchev–Trinajstić information content (AvgIpc) is 3.10. The Bertz CT molecular complexity index is 891. The number of alkyl halides is 1. The summed E-state index contributed by atoms with van der Waals surface area (Å²) in [7, 11) is 2.09. The van der Waals surface area contributed by atoms with Crippen LogP contribution < -0.4 is 15.1 Å². The molecule has 4 rings (SSSR count). The van der Waals surface area contributed by atoms with Gasteiger partial charge in [-0.15, -0.1) is 0 Å². The highest BCUT2D eigenvalue weighted by Gasteiger charge is 2.26. The van der Waals surface area contributed by atoms with Crippen molar-refractivity contribution in [2.45, 2.75) is 30.8 Å². The highest BCUT2D eigenvalue weighted by molar-refractivity contribution is 7.97. The second kappa shape index (κ2) is 8.59. The van der Waals surface area contributed by atoms with Crippen LogP contribution in [0.1, 0.15) is 18.4 Å². The molecule has 8 heteroatoms. The highest BCUT2D eigenvalue weighted by atomic mass is 32.2. The van der Waals surface area contributed by atoms with Crippen LogP contribution in [0, 0.1) is 6.92 Å². The van der Waals surface area contributed by atoms with Crippen molar-refractivity contribution in [1.29, 1.82) is 0 Å². The lowest BCUT2D eigenvalue weighted by Gasteiger charge is -2.32. The van der Waals surface area contributed by atoms with Crippen molar-refractivity contribution in [1.82, 2.24) is 14.3 Å². The SMILES string of the molecule is C=C(Nc1cncc(C)c1)N1CCCN(C)Sc2ccc(N3CC[C@H](F)C3)nc21. The normalized spacial score (nSPS) is 20.2. The molecule has 0 aromatic carbocycles. The third-order valence-electron chi connectivity index (χ3n) is 5.13. The molecule has 2 aliphatic rings. The van der Waals surface area contributed by atoms with Gasteiger partial charge in [-0.05, 0) is 62.5 Å². The first-order chi connectivity index (χ1) is 14.0. The van der Waals surface area contributed by atoms with Crippen molar-refractivity contribution >= 4 is 29.3 Å². The standard InChI is InChI=1S/C21H27FN6S/c1-15-11-18(13-23-12-15)24-16(2)28-9-4-8-26(3)29-19-5-6-20(25-21(19)28)27-10-7-17(22)14-27/h5-6,11-13,17,24H,2,4,7-10,14H2,1,3H3/t17-/m0/s1. The maximum absolute atomic E-state index is 13.7. The van der Waals surface area contributed by atoms with Gasteiger partial charge in [-0.2, -0.15) is 0 Å². The molecule has 1 fully saturated rings. The summed E-state index contributed by atoms with van der Waals surface area (Å²) in [5, 5.41) is 3.38. The van der Waals surface area contributed by atoms with Crippen molar-refractivity contribution < 1.29 is 4.39 Å². The van der Waals surface area contributed by atoms with Crippen LogP contribution in [0.25, 0.3) is 0 Å². The highest BCUT2D eigenvalue weighted by Crippen LogP contribution is 2.36. The first-order valence-corrected chi connectivity index (χ1v) is 10.7. The van der Waals surface area contributed by atoms with Gasteiger partial charge in [0.25, 0.3) is 0 Å². The molecule has 2 aromatic heterocycles. The molecule has 0 bridgehead atoms. The number of halogens is 1. The van der Waals surface area contributed by atoms with Crippen molar-refractivity contribution in [2.75, 3.05) is 48.3 Å². The summed E-state index contributed by atoms with van der Waals surface area (Å²) < 4.78 is 16.0. The van der Waals surface area contributed by atoms with E-state index in [9.17, 15) is 4.39 Å². The summed E-state index contributed by atoms with van der Waals surface area (Å²) in [4.78, 5) is 14.4. The summed E-state index contributed by atoms with van der Waals surface area (Å²) in [6, 6.07) is 6.13. The molecule has 1 saturated heterocycles. The number of nitrogens with one attached hydrogen (secondary N) is 1. The number of aryl methyl sites for hydroxylation is 1. The maximum atomic E-state index is 13.7. The molecule has 0 saturated carbocycles. The van der Waals surface area contributed by atoms with Crippen LogP contribution in [-0.4, -0.2) is 53.7 Å². The first kappa shape index (κ1) is 20.0. The van der Waals surface area contributed by atoms with Crippen LogP contribution in [0.15, 0.2) is 47.9 Å². The smallest absolute Gasteiger partial charge is 0.151 e. The van der Waals surface area contributed by atoms with Gasteiger partial charge in [-0.1, -0.05) is 6.58 Å². The number of anilines is 3. The average molecular weight is 415 g/mol. The molecule has 6 nitrogen and oxygen atoms in total. The number of pyridine rings is 2. The molecule has 29 heavy (non-hydrogen) atoms. The van der Waals surface area contributed by atoms with Gasteiger partial charge in [0.05, 0.1) is 23.3 Å². The van der Waals surface area contributed by atoms with E-state index in [-0.39, 0.29) is 0 Å². The number of rotatable bonds is 4. The van der Waals surface area contributed by atoms with Crippen LogP contribution in [0.3, 0.4) is 0 Å². The van der Waals surface area contributed by atoms with Crippen LogP contribution in [-0.2, 0) is 0 Å². The van der Waals surface area contributed by atoms with Crippen molar-refractivity contribution in [3.05, 3.63) is 48.6 Å². The summed E-state index contributed by atoms with van der Waals surface area (Å²) in [6.45, 7) is 9.18. The molecule has 1 N–H and O–H groups in total. The number of aromatic nitrogens is 2. The van der Waals surface area contributed by atoms with Crippen molar-refractivity contribution in [3.8, 4) is 0 Å². The fourth-order valence-corrected chi connectivity index (χ4v) is 4.61.